The summed E-state index contributed by atoms with van der Waals surface area (Å²) in [6.07, 6.45) is 2.45. The lowest BCUT2D eigenvalue weighted by Crippen LogP contribution is -2.55. The number of rotatable bonds is 6. The molecule has 0 aromatic heterocycles. The third-order valence-electron chi connectivity index (χ3n) is 5.58. The van der Waals surface area contributed by atoms with E-state index in [0.717, 1.165) is 50.8 Å². The molecule has 0 amide bonds. The Morgan fingerprint density at radius 1 is 1.08 bits per heavy atom. The van der Waals surface area contributed by atoms with E-state index in [4.69, 9.17) is 9.84 Å². The Bertz CT molecular complexity index is 509. The first-order chi connectivity index (χ1) is 11.6. The van der Waals surface area contributed by atoms with Gasteiger partial charge in [-0.2, -0.15) is 0 Å². The van der Waals surface area contributed by atoms with Gasteiger partial charge in [0.2, 0.25) is 0 Å². The number of hydrogen-bond donors (Lipinski definition) is 1. The average molecular weight is 332 g/mol. The van der Waals surface area contributed by atoms with Crippen LogP contribution in [-0.4, -0.2) is 66.4 Å². The molecule has 0 radical (unpaired) electrons. The molecule has 0 aliphatic carbocycles. The van der Waals surface area contributed by atoms with Gasteiger partial charge in [-0.25, -0.2) is 0 Å². The van der Waals surface area contributed by atoms with Crippen molar-refractivity contribution in [3.05, 3.63) is 35.4 Å². The molecule has 0 spiro atoms. The molecule has 2 aliphatic heterocycles. The summed E-state index contributed by atoms with van der Waals surface area (Å²) >= 11 is 0. The molecule has 2 heterocycles. The SMILES string of the molecule is CC(C)(CN1CC[C@@H](Cc2ccc(CO)cc2)C1)N1CCOCC1. The van der Waals surface area contributed by atoms with Gasteiger partial charge in [0.15, 0.2) is 0 Å². The van der Waals surface area contributed by atoms with Crippen molar-refractivity contribution in [2.24, 2.45) is 5.92 Å². The van der Waals surface area contributed by atoms with E-state index in [1.807, 2.05) is 12.1 Å². The summed E-state index contributed by atoms with van der Waals surface area (Å²) < 4.78 is 5.49. The second-order valence-corrected chi connectivity index (χ2v) is 7.98. The van der Waals surface area contributed by atoms with Gasteiger partial charge in [-0.1, -0.05) is 24.3 Å². The van der Waals surface area contributed by atoms with Crippen LogP contribution in [0.15, 0.2) is 24.3 Å². The van der Waals surface area contributed by atoms with Crippen molar-refractivity contribution in [2.75, 3.05) is 45.9 Å². The van der Waals surface area contributed by atoms with Gasteiger partial charge in [-0.3, -0.25) is 4.90 Å². The van der Waals surface area contributed by atoms with Crippen molar-refractivity contribution in [2.45, 2.75) is 38.8 Å². The monoisotopic (exact) mass is 332 g/mol. The van der Waals surface area contributed by atoms with Gasteiger partial charge in [0.05, 0.1) is 19.8 Å². The zero-order valence-electron chi connectivity index (χ0n) is 15.2. The van der Waals surface area contributed by atoms with E-state index in [2.05, 4.69) is 35.8 Å². The number of nitrogens with zero attached hydrogens (tertiary/aromatic N) is 2. The molecule has 4 nitrogen and oxygen atoms in total. The molecule has 2 fully saturated rings. The Kier molecular flexibility index (Phi) is 5.93. The highest BCUT2D eigenvalue weighted by atomic mass is 16.5. The number of aliphatic hydroxyl groups excluding tert-OH is 1. The van der Waals surface area contributed by atoms with Gasteiger partial charge in [-0.15, -0.1) is 0 Å². The van der Waals surface area contributed by atoms with Crippen molar-refractivity contribution in [3.63, 3.8) is 0 Å². The van der Waals surface area contributed by atoms with Crippen LogP contribution in [-0.2, 0) is 17.8 Å². The van der Waals surface area contributed by atoms with Crippen molar-refractivity contribution >= 4 is 0 Å². The lowest BCUT2D eigenvalue weighted by atomic mass is 9.98. The van der Waals surface area contributed by atoms with E-state index in [-0.39, 0.29) is 12.1 Å². The van der Waals surface area contributed by atoms with Crippen molar-refractivity contribution in [1.29, 1.82) is 0 Å². The molecule has 2 aliphatic rings. The third kappa shape index (κ3) is 4.57. The molecule has 2 saturated heterocycles. The lowest BCUT2D eigenvalue weighted by Gasteiger charge is -2.43. The summed E-state index contributed by atoms with van der Waals surface area (Å²) in [5.41, 5.74) is 2.62. The number of hydrogen-bond acceptors (Lipinski definition) is 4. The van der Waals surface area contributed by atoms with Crippen LogP contribution in [0, 0.1) is 5.92 Å². The van der Waals surface area contributed by atoms with Crippen LogP contribution in [0.1, 0.15) is 31.4 Å². The summed E-state index contributed by atoms with van der Waals surface area (Å²) in [6.45, 7) is 12.3. The number of morpholine rings is 1. The number of ether oxygens (including phenoxy) is 1. The van der Waals surface area contributed by atoms with Crippen LogP contribution in [0.4, 0.5) is 0 Å². The zero-order valence-corrected chi connectivity index (χ0v) is 15.2. The first-order valence-corrected chi connectivity index (χ1v) is 9.31. The lowest BCUT2D eigenvalue weighted by molar-refractivity contribution is -0.0198. The molecule has 1 aromatic carbocycles. The van der Waals surface area contributed by atoms with Crippen LogP contribution in [0.25, 0.3) is 0 Å². The van der Waals surface area contributed by atoms with E-state index in [1.165, 1.54) is 25.1 Å². The molecule has 1 atom stereocenters. The minimum absolute atomic E-state index is 0.133. The number of likely N-dealkylation sites (tertiary alicyclic amines) is 1. The number of benzene rings is 1. The fourth-order valence-electron chi connectivity index (χ4n) is 4.15. The maximum atomic E-state index is 9.14. The summed E-state index contributed by atoms with van der Waals surface area (Å²) in [6, 6.07) is 8.44. The maximum Gasteiger partial charge on any atom is 0.0681 e. The van der Waals surface area contributed by atoms with E-state index >= 15 is 0 Å². The molecule has 1 N–H and O–H groups in total. The molecular formula is C20H32N2O2. The van der Waals surface area contributed by atoms with Crippen molar-refractivity contribution in [1.82, 2.24) is 9.80 Å². The fourth-order valence-corrected chi connectivity index (χ4v) is 4.15. The van der Waals surface area contributed by atoms with Gasteiger partial charge in [-0.05, 0) is 50.3 Å². The van der Waals surface area contributed by atoms with Crippen LogP contribution < -0.4 is 0 Å². The smallest absolute Gasteiger partial charge is 0.0681 e. The standard InChI is InChI=1S/C20H32N2O2/c1-20(2,22-9-11-24-12-10-22)16-21-8-7-19(14-21)13-17-3-5-18(15-23)6-4-17/h3-6,19,23H,7-16H2,1-2H3/t19-/m0/s1. The van der Waals surface area contributed by atoms with Crippen LogP contribution in [0.5, 0.6) is 0 Å². The van der Waals surface area contributed by atoms with Gasteiger partial charge in [0.1, 0.15) is 0 Å². The largest absolute Gasteiger partial charge is 0.392 e. The second-order valence-electron chi connectivity index (χ2n) is 7.98. The third-order valence-corrected chi connectivity index (χ3v) is 5.58. The van der Waals surface area contributed by atoms with E-state index in [1.54, 1.807) is 0 Å². The molecule has 0 bridgehead atoms. The van der Waals surface area contributed by atoms with Gasteiger partial charge >= 0.3 is 0 Å². The molecule has 1 aromatic rings. The minimum atomic E-state index is 0.133. The summed E-state index contributed by atoms with van der Waals surface area (Å²) in [4.78, 5) is 5.22. The van der Waals surface area contributed by atoms with Gasteiger partial charge in [0, 0.05) is 31.7 Å². The molecule has 134 valence electrons. The molecule has 4 heteroatoms. The highest BCUT2D eigenvalue weighted by Crippen LogP contribution is 2.25. The van der Waals surface area contributed by atoms with Crippen LogP contribution in [0.3, 0.4) is 0 Å². The fraction of sp³-hybridized carbons (Fsp3) is 0.700. The average Bonchev–Trinajstić information content (AvgIpc) is 3.02. The Morgan fingerprint density at radius 3 is 2.42 bits per heavy atom. The van der Waals surface area contributed by atoms with Crippen LogP contribution in [0.2, 0.25) is 0 Å². The van der Waals surface area contributed by atoms with E-state index in [0.29, 0.717) is 0 Å². The predicted octanol–water partition coefficient (Wildman–Crippen LogP) is 2.15. The molecule has 0 saturated carbocycles. The van der Waals surface area contributed by atoms with E-state index < -0.39 is 0 Å². The minimum Gasteiger partial charge on any atom is -0.392 e. The second kappa shape index (κ2) is 7.96. The van der Waals surface area contributed by atoms with E-state index in [9.17, 15) is 0 Å². The highest BCUT2D eigenvalue weighted by molar-refractivity contribution is 5.22. The van der Waals surface area contributed by atoms with Crippen molar-refractivity contribution < 1.29 is 9.84 Å². The zero-order chi connectivity index (χ0) is 17.0. The maximum absolute atomic E-state index is 9.14. The van der Waals surface area contributed by atoms with Crippen LogP contribution >= 0.6 is 0 Å². The molecular weight excluding hydrogens is 300 g/mol. The number of aliphatic hydroxyl groups is 1. The Hall–Kier alpha value is -0.940. The summed E-state index contributed by atoms with van der Waals surface area (Å²) in [5.74, 6) is 0.755. The first-order valence-electron chi connectivity index (χ1n) is 9.31. The quantitative estimate of drug-likeness (QED) is 0.866. The Morgan fingerprint density at radius 2 is 1.75 bits per heavy atom. The summed E-state index contributed by atoms with van der Waals surface area (Å²) in [5, 5.41) is 9.14. The Balaban J connectivity index is 1.49. The summed E-state index contributed by atoms with van der Waals surface area (Å²) in [7, 11) is 0. The molecule has 0 unspecified atom stereocenters. The molecule has 3 rings (SSSR count). The normalized spacial score (nSPS) is 23.7. The Labute approximate surface area is 146 Å². The van der Waals surface area contributed by atoms with Gasteiger partial charge in [0.25, 0.3) is 0 Å². The molecule has 24 heavy (non-hydrogen) atoms. The topological polar surface area (TPSA) is 35.9 Å². The predicted molar refractivity (Wildman–Crippen MR) is 97.1 cm³/mol. The highest BCUT2D eigenvalue weighted by Gasteiger charge is 2.33. The first kappa shape index (κ1) is 17.9. The van der Waals surface area contributed by atoms with Gasteiger partial charge < -0.3 is 14.7 Å². The van der Waals surface area contributed by atoms with Crippen molar-refractivity contribution in [3.8, 4) is 0 Å².